The quantitative estimate of drug-likeness (QED) is 0.235. The number of esters is 1. The van der Waals surface area contributed by atoms with Gasteiger partial charge >= 0.3 is 5.97 Å². The minimum absolute atomic E-state index is 0.0497. The minimum atomic E-state index is -0.448. The third kappa shape index (κ3) is 5.58. The Morgan fingerprint density at radius 3 is 2.69 bits per heavy atom. The van der Waals surface area contributed by atoms with Gasteiger partial charge in [0.15, 0.2) is 5.17 Å². The topological polar surface area (TPSA) is 115 Å². The summed E-state index contributed by atoms with van der Waals surface area (Å²) < 4.78 is 10.5. The van der Waals surface area contributed by atoms with Crippen molar-refractivity contribution < 1.29 is 24.0 Å². The van der Waals surface area contributed by atoms with Crippen molar-refractivity contribution in [1.82, 2.24) is 4.90 Å². The highest BCUT2D eigenvalue weighted by molar-refractivity contribution is 8.18. The number of carbonyl (C=O) groups excluding carboxylic acids is 2. The van der Waals surface area contributed by atoms with E-state index >= 15 is 0 Å². The van der Waals surface area contributed by atoms with Crippen molar-refractivity contribution in [1.29, 1.82) is 0 Å². The Labute approximate surface area is 212 Å². The number of aliphatic imine (C=N–C) groups is 1. The molecule has 0 N–H and O–H groups in total. The zero-order valence-corrected chi connectivity index (χ0v) is 20.8. The summed E-state index contributed by atoms with van der Waals surface area (Å²) in [5.41, 5.74) is 2.23. The van der Waals surface area contributed by atoms with E-state index in [0.29, 0.717) is 59.7 Å². The number of amidine groups is 1. The van der Waals surface area contributed by atoms with Crippen molar-refractivity contribution in [3.8, 4) is 0 Å². The van der Waals surface area contributed by atoms with Crippen LogP contribution in [0.1, 0.15) is 29.8 Å². The van der Waals surface area contributed by atoms with Crippen molar-refractivity contribution in [3.05, 3.63) is 68.6 Å². The molecule has 2 heterocycles. The van der Waals surface area contributed by atoms with Gasteiger partial charge in [-0.2, -0.15) is 0 Å². The van der Waals surface area contributed by atoms with E-state index in [-0.39, 0.29) is 18.2 Å². The van der Waals surface area contributed by atoms with E-state index in [0.717, 1.165) is 5.69 Å². The molecule has 0 bridgehead atoms. The van der Waals surface area contributed by atoms with E-state index in [9.17, 15) is 19.7 Å². The van der Waals surface area contributed by atoms with Gasteiger partial charge in [0.25, 0.3) is 11.6 Å². The number of hydrogen-bond acceptors (Lipinski definition) is 9. The van der Waals surface area contributed by atoms with Crippen molar-refractivity contribution >= 4 is 51.9 Å². The molecule has 36 heavy (non-hydrogen) atoms. The third-order valence-electron chi connectivity index (χ3n) is 5.65. The molecule has 11 heteroatoms. The lowest BCUT2D eigenvalue weighted by atomic mass is 10.1. The van der Waals surface area contributed by atoms with E-state index in [2.05, 4.69) is 9.89 Å². The lowest BCUT2D eigenvalue weighted by Crippen LogP contribution is -2.36. The van der Waals surface area contributed by atoms with Gasteiger partial charge in [-0.1, -0.05) is 6.07 Å². The van der Waals surface area contributed by atoms with E-state index in [1.54, 1.807) is 48.2 Å². The first-order valence-electron chi connectivity index (χ1n) is 11.6. The van der Waals surface area contributed by atoms with Crippen LogP contribution in [0.15, 0.2) is 52.4 Å². The first kappa shape index (κ1) is 25.4. The molecule has 0 unspecified atom stereocenters. The molecule has 2 saturated heterocycles. The van der Waals surface area contributed by atoms with E-state index in [4.69, 9.17) is 9.47 Å². The van der Waals surface area contributed by atoms with Crippen LogP contribution in [0.25, 0.3) is 6.08 Å². The fourth-order valence-electron chi connectivity index (χ4n) is 3.90. The monoisotopic (exact) mass is 510 g/mol. The molecular weight excluding hydrogens is 484 g/mol. The molecule has 2 fully saturated rings. The summed E-state index contributed by atoms with van der Waals surface area (Å²) in [6.45, 7) is 6.67. The molecule has 2 aromatic rings. The molecule has 0 spiro atoms. The van der Waals surface area contributed by atoms with Crippen LogP contribution in [0.3, 0.4) is 0 Å². The van der Waals surface area contributed by atoms with E-state index in [1.807, 2.05) is 6.92 Å². The summed E-state index contributed by atoms with van der Waals surface area (Å²) in [4.78, 5) is 45.0. The maximum Gasteiger partial charge on any atom is 0.338 e. The van der Waals surface area contributed by atoms with Crippen LogP contribution >= 0.6 is 11.8 Å². The number of rotatable bonds is 7. The summed E-state index contributed by atoms with van der Waals surface area (Å²) in [6, 6.07) is 11.4. The predicted molar refractivity (Wildman–Crippen MR) is 139 cm³/mol. The standard InChI is InChI=1S/C25H26N4O6S/c1-3-28-23(30)22(36-25(28)26-19-7-5-6-17(14-19)24(31)35-4-2)16-18-15-20(29(32)33)8-9-21(18)27-10-12-34-13-11-27/h5-9,14-16H,3-4,10-13H2,1-2H3. The number of thioether (sulfide) groups is 1. The number of non-ortho nitro benzene ring substituents is 1. The maximum atomic E-state index is 13.2. The second-order valence-electron chi connectivity index (χ2n) is 7.92. The Morgan fingerprint density at radius 1 is 1.22 bits per heavy atom. The van der Waals surface area contributed by atoms with Gasteiger partial charge in [0, 0.05) is 43.0 Å². The number of nitro groups is 1. The number of nitrogens with zero attached hydrogens (tertiary/aromatic N) is 4. The van der Waals surface area contributed by atoms with Crippen molar-refractivity contribution in [2.75, 3.05) is 44.4 Å². The van der Waals surface area contributed by atoms with Gasteiger partial charge < -0.3 is 14.4 Å². The van der Waals surface area contributed by atoms with Crippen LogP contribution in [0.5, 0.6) is 0 Å². The largest absolute Gasteiger partial charge is 0.462 e. The normalized spacial score (nSPS) is 18.2. The van der Waals surface area contributed by atoms with Crippen LogP contribution in [0.4, 0.5) is 17.1 Å². The van der Waals surface area contributed by atoms with Gasteiger partial charge in [-0.15, -0.1) is 0 Å². The number of anilines is 1. The molecule has 2 aliphatic rings. The van der Waals surface area contributed by atoms with Crippen molar-refractivity contribution in [3.63, 3.8) is 0 Å². The van der Waals surface area contributed by atoms with E-state index in [1.165, 1.54) is 23.9 Å². The van der Waals surface area contributed by atoms with Crippen molar-refractivity contribution in [2.45, 2.75) is 13.8 Å². The van der Waals surface area contributed by atoms with Crippen LogP contribution in [-0.4, -0.2) is 66.3 Å². The van der Waals surface area contributed by atoms with Gasteiger partial charge in [0.1, 0.15) is 0 Å². The number of amides is 1. The van der Waals surface area contributed by atoms with Gasteiger partial charge in [-0.05, 0) is 56.0 Å². The number of carbonyl (C=O) groups is 2. The van der Waals surface area contributed by atoms with Crippen LogP contribution in [0.2, 0.25) is 0 Å². The Bertz CT molecular complexity index is 1240. The molecule has 188 valence electrons. The van der Waals surface area contributed by atoms with Crippen LogP contribution in [-0.2, 0) is 14.3 Å². The molecule has 0 atom stereocenters. The van der Waals surface area contributed by atoms with E-state index < -0.39 is 10.9 Å². The number of morpholine rings is 1. The number of benzene rings is 2. The SMILES string of the molecule is CCOC(=O)c1cccc(N=C2SC(=Cc3cc([N+](=O)[O-])ccc3N3CCOCC3)C(=O)N2CC)c1. The predicted octanol–water partition coefficient (Wildman–Crippen LogP) is 4.23. The molecule has 10 nitrogen and oxygen atoms in total. The third-order valence-corrected chi connectivity index (χ3v) is 6.65. The zero-order chi connectivity index (χ0) is 25.7. The molecule has 2 aromatic carbocycles. The number of likely N-dealkylation sites (N-methyl/N-ethyl adjacent to an activating group) is 1. The van der Waals surface area contributed by atoms with Gasteiger partial charge in [0.05, 0.1) is 40.9 Å². The Morgan fingerprint density at radius 2 is 2.00 bits per heavy atom. The molecule has 2 aliphatic heterocycles. The molecular formula is C25H26N4O6S. The van der Waals surface area contributed by atoms with Crippen LogP contribution in [0, 0.1) is 10.1 Å². The second kappa shape index (κ2) is 11.4. The van der Waals surface area contributed by atoms with Crippen LogP contribution < -0.4 is 4.90 Å². The number of hydrogen-bond donors (Lipinski definition) is 0. The average molecular weight is 511 g/mol. The van der Waals surface area contributed by atoms with Gasteiger partial charge in [-0.3, -0.25) is 19.8 Å². The number of nitro benzene ring substituents is 1. The highest BCUT2D eigenvalue weighted by Crippen LogP contribution is 2.37. The summed E-state index contributed by atoms with van der Waals surface area (Å²) in [5, 5.41) is 11.9. The first-order valence-corrected chi connectivity index (χ1v) is 12.4. The Balaban J connectivity index is 1.69. The maximum absolute atomic E-state index is 13.2. The minimum Gasteiger partial charge on any atom is -0.462 e. The highest BCUT2D eigenvalue weighted by atomic mass is 32.2. The summed E-state index contributed by atoms with van der Waals surface area (Å²) >= 11 is 1.19. The summed E-state index contributed by atoms with van der Waals surface area (Å²) in [5.74, 6) is -0.675. The fourth-order valence-corrected chi connectivity index (χ4v) is 4.96. The molecule has 0 saturated carbocycles. The summed E-state index contributed by atoms with van der Waals surface area (Å²) in [7, 11) is 0. The molecule has 0 aromatic heterocycles. The molecule has 1 amide bonds. The van der Waals surface area contributed by atoms with Gasteiger partial charge in [-0.25, -0.2) is 9.79 Å². The number of ether oxygens (including phenoxy) is 2. The fraction of sp³-hybridized carbons (Fsp3) is 0.320. The molecule has 0 radical (unpaired) electrons. The molecule has 4 rings (SSSR count). The summed E-state index contributed by atoms with van der Waals surface area (Å²) in [6.07, 6.45) is 1.69. The first-order chi connectivity index (χ1) is 17.4. The lowest BCUT2D eigenvalue weighted by Gasteiger charge is -2.30. The molecule has 0 aliphatic carbocycles. The van der Waals surface area contributed by atoms with Gasteiger partial charge in [0.2, 0.25) is 0 Å². The Kier molecular flexibility index (Phi) is 8.01. The van der Waals surface area contributed by atoms with Crippen molar-refractivity contribution in [2.24, 2.45) is 4.99 Å². The highest BCUT2D eigenvalue weighted by Gasteiger charge is 2.33. The zero-order valence-electron chi connectivity index (χ0n) is 20.0. The second-order valence-corrected chi connectivity index (χ2v) is 8.93. The smallest absolute Gasteiger partial charge is 0.338 e. The lowest BCUT2D eigenvalue weighted by molar-refractivity contribution is -0.384. The Hall–Kier alpha value is -3.70. The average Bonchev–Trinajstić information content (AvgIpc) is 3.18.